The van der Waals surface area contributed by atoms with Gasteiger partial charge in [-0.1, -0.05) is 12.1 Å². The van der Waals surface area contributed by atoms with E-state index in [9.17, 15) is 9.59 Å². The summed E-state index contributed by atoms with van der Waals surface area (Å²) in [5.74, 6) is 0.0763. The summed E-state index contributed by atoms with van der Waals surface area (Å²) in [6.45, 7) is 4.95. The third-order valence-corrected chi connectivity index (χ3v) is 4.20. The summed E-state index contributed by atoms with van der Waals surface area (Å²) in [7, 11) is 0. The Morgan fingerprint density at radius 1 is 1.17 bits per heavy atom. The smallest absolute Gasteiger partial charge is 0.230 e. The van der Waals surface area contributed by atoms with Crippen molar-refractivity contribution in [3.05, 3.63) is 34.4 Å². The standard InChI is InChI=1S/C15H17NO2/c1-9-5-11-3-4-16-14(13(11)6-10(9)2)7-12(17)8-15(16)18/h5-6,14H,3-4,7-8H2,1-2H3. The Hall–Kier alpha value is -1.64. The predicted octanol–water partition coefficient (Wildman–Crippen LogP) is 2.09. The zero-order valence-corrected chi connectivity index (χ0v) is 10.8. The van der Waals surface area contributed by atoms with Crippen molar-refractivity contribution in [1.82, 2.24) is 4.90 Å². The number of carbonyl (C=O) groups is 2. The molecule has 3 heteroatoms. The average molecular weight is 243 g/mol. The number of rotatable bonds is 0. The minimum Gasteiger partial charge on any atom is -0.334 e. The average Bonchev–Trinajstić information content (AvgIpc) is 2.30. The minimum atomic E-state index is -0.0122. The first kappa shape index (κ1) is 11.5. The first-order valence-corrected chi connectivity index (χ1v) is 6.47. The second-order valence-corrected chi connectivity index (χ2v) is 5.41. The van der Waals surface area contributed by atoms with Crippen LogP contribution in [0.5, 0.6) is 0 Å². The molecule has 1 aromatic rings. The van der Waals surface area contributed by atoms with Crippen LogP contribution in [0.2, 0.25) is 0 Å². The molecule has 0 aromatic heterocycles. The normalized spacial score (nSPS) is 22.8. The van der Waals surface area contributed by atoms with Crippen molar-refractivity contribution in [1.29, 1.82) is 0 Å². The van der Waals surface area contributed by atoms with Crippen LogP contribution < -0.4 is 0 Å². The minimum absolute atomic E-state index is 0.000119. The summed E-state index contributed by atoms with van der Waals surface area (Å²) in [5.41, 5.74) is 5.02. The van der Waals surface area contributed by atoms with Crippen molar-refractivity contribution in [2.24, 2.45) is 0 Å². The fourth-order valence-corrected chi connectivity index (χ4v) is 3.07. The fourth-order valence-electron chi connectivity index (χ4n) is 3.07. The van der Waals surface area contributed by atoms with Crippen molar-refractivity contribution >= 4 is 11.7 Å². The summed E-state index contributed by atoms with van der Waals surface area (Å²) in [4.78, 5) is 25.4. The molecule has 0 spiro atoms. The van der Waals surface area contributed by atoms with Crippen molar-refractivity contribution in [3.63, 3.8) is 0 Å². The van der Waals surface area contributed by atoms with Crippen molar-refractivity contribution in [3.8, 4) is 0 Å². The first-order valence-electron chi connectivity index (χ1n) is 6.47. The number of amides is 1. The maximum atomic E-state index is 11.9. The quantitative estimate of drug-likeness (QED) is 0.654. The number of benzene rings is 1. The molecule has 1 unspecified atom stereocenters. The molecule has 2 aliphatic rings. The highest BCUT2D eigenvalue weighted by atomic mass is 16.2. The van der Waals surface area contributed by atoms with Crippen LogP contribution >= 0.6 is 0 Å². The van der Waals surface area contributed by atoms with Gasteiger partial charge in [0.1, 0.15) is 5.78 Å². The Labute approximate surface area is 107 Å². The van der Waals surface area contributed by atoms with Gasteiger partial charge in [0.2, 0.25) is 5.91 Å². The molecule has 1 fully saturated rings. The van der Waals surface area contributed by atoms with Gasteiger partial charge in [-0.25, -0.2) is 0 Å². The van der Waals surface area contributed by atoms with Crippen molar-refractivity contribution in [2.45, 2.75) is 39.2 Å². The van der Waals surface area contributed by atoms with Crippen LogP contribution in [0.4, 0.5) is 0 Å². The van der Waals surface area contributed by atoms with Crippen LogP contribution in [0.15, 0.2) is 12.1 Å². The molecule has 18 heavy (non-hydrogen) atoms. The van der Waals surface area contributed by atoms with Gasteiger partial charge in [-0.2, -0.15) is 0 Å². The molecule has 1 saturated heterocycles. The highest BCUT2D eigenvalue weighted by Crippen LogP contribution is 2.37. The Kier molecular flexibility index (Phi) is 2.51. The lowest BCUT2D eigenvalue weighted by Crippen LogP contribution is -2.45. The number of ketones is 1. The van der Waals surface area contributed by atoms with Gasteiger partial charge in [-0.15, -0.1) is 0 Å². The molecule has 0 N–H and O–H groups in total. The van der Waals surface area contributed by atoms with Crippen molar-refractivity contribution in [2.75, 3.05) is 6.54 Å². The molecular formula is C15H17NO2. The Balaban J connectivity index is 2.08. The number of nitrogens with zero attached hydrogens (tertiary/aromatic N) is 1. The molecule has 1 amide bonds. The molecule has 0 saturated carbocycles. The summed E-state index contributed by atoms with van der Waals surface area (Å²) >= 11 is 0. The van der Waals surface area contributed by atoms with Crippen LogP contribution in [0.3, 0.4) is 0 Å². The number of fused-ring (bicyclic) bond motifs is 3. The van der Waals surface area contributed by atoms with E-state index in [0.717, 1.165) is 13.0 Å². The maximum Gasteiger partial charge on any atom is 0.230 e. The first-order chi connectivity index (χ1) is 8.56. The topological polar surface area (TPSA) is 37.4 Å². The predicted molar refractivity (Wildman–Crippen MR) is 68.3 cm³/mol. The van der Waals surface area contributed by atoms with E-state index in [1.165, 1.54) is 22.3 Å². The number of Topliss-reactive ketones (excluding diaryl/α,β-unsaturated/α-hetero) is 1. The molecule has 94 valence electrons. The maximum absolute atomic E-state index is 11.9. The molecule has 2 aliphatic heterocycles. The molecule has 3 rings (SSSR count). The molecule has 1 aromatic carbocycles. The van der Waals surface area contributed by atoms with E-state index in [1.54, 1.807) is 0 Å². The zero-order chi connectivity index (χ0) is 12.9. The van der Waals surface area contributed by atoms with E-state index in [2.05, 4.69) is 26.0 Å². The summed E-state index contributed by atoms with van der Waals surface area (Å²) < 4.78 is 0. The fraction of sp³-hybridized carbons (Fsp3) is 0.467. The highest BCUT2D eigenvalue weighted by Gasteiger charge is 2.37. The van der Waals surface area contributed by atoms with E-state index >= 15 is 0 Å². The molecule has 0 radical (unpaired) electrons. The van der Waals surface area contributed by atoms with Gasteiger partial charge in [0, 0.05) is 13.0 Å². The van der Waals surface area contributed by atoms with E-state index in [-0.39, 0.29) is 24.2 Å². The summed E-state index contributed by atoms with van der Waals surface area (Å²) in [6.07, 6.45) is 1.49. The van der Waals surface area contributed by atoms with Gasteiger partial charge in [0.25, 0.3) is 0 Å². The Morgan fingerprint density at radius 3 is 2.67 bits per heavy atom. The number of hydrogen-bond acceptors (Lipinski definition) is 2. The third-order valence-electron chi connectivity index (χ3n) is 4.20. The summed E-state index contributed by atoms with van der Waals surface area (Å²) in [6, 6.07) is 4.36. The van der Waals surface area contributed by atoms with Crippen LogP contribution in [0.25, 0.3) is 0 Å². The number of carbonyl (C=O) groups excluding carboxylic acids is 2. The van der Waals surface area contributed by atoms with E-state index in [1.807, 2.05) is 4.90 Å². The van der Waals surface area contributed by atoms with Crippen LogP contribution in [-0.4, -0.2) is 23.1 Å². The SMILES string of the molecule is Cc1cc2c(cc1C)C1CC(=O)CC(=O)N1CC2. The van der Waals surface area contributed by atoms with Gasteiger partial charge in [-0.05, 0) is 42.5 Å². The van der Waals surface area contributed by atoms with Crippen LogP contribution in [0, 0.1) is 13.8 Å². The Morgan fingerprint density at radius 2 is 1.89 bits per heavy atom. The van der Waals surface area contributed by atoms with E-state index in [0.29, 0.717) is 6.42 Å². The lowest BCUT2D eigenvalue weighted by Gasteiger charge is -2.40. The van der Waals surface area contributed by atoms with E-state index < -0.39 is 0 Å². The van der Waals surface area contributed by atoms with Gasteiger partial charge in [0.05, 0.1) is 12.5 Å². The van der Waals surface area contributed by atoms with Gasteiger partial charge in [-0.3, -0.25) is 9.59 Å². The number of aryl methyl sites for hydroxylation is 2. The molecule has 0 bridgehead atoms. The number of hydrogen-bond donors (Lipinski definition) is 0. The third kappa shape index (κ3) is 1.65. The highest BCUT2D eigenvalue weighted by molar-refractivity contribution is 6.01. The van der Waals surface area contributed by atoms with Crippen LogP contribution in [0.1, 0.15) is 41.1 Å². The van der Waals surface area contributed by atoms with Crippen LogP contribution in [-0.2, 0) is 16.0 Å². The van der Waals surface area contributed by atoms with E-state index in [4.69, 9.17) is 0 Å². The monoisotopic (exact) mass is 243 g/mol. The molecule has 1 atom stereocenters. The van der Waals surface area contributed by atoms with Crippen molar-refractivity contribution < 1.29 is 9.59 Å². The lowest BCUT2D eigenvalue weighted by atomic mass is 9.84. The Bertz CT molecular complexity index is 548. The summed E-state index contributed by atoms with van der Waals surface area (Å²) in [5, 5.41) is 0. The zero-order valence-electron chi connectivity index (χ0n) is 10.8. The largest absolute Gasteiger partial charge is 0.334 e. The molecule has 3 nitrogen and oxygen atoms in total. The van der Waals surface area contributed by atoms with Gasteiger partial charge >= 0.3 is 0 Å². The van der Waals surface area contributed by atoms with Gasteiger partial charge in [0.15, 0.2) is 0 Å². The molecule has 2 heterocycles. The molecular weight excluding hydrogens is 226 g/mol. The second kappa shape index (κ2) is 3.94. The number of piperidine rings is 1. The van der Waals surface area contributed by atoms with Gasteiger partial charge < -0.3 is 4.90 Å². The second-order valence-electron chi connectivity index (χ2n) is 5.41. The molecule has 0 aliphatic carbocycles. The lowest BCUT2D eigenvalue weighted by molar-refractivity contribution is -0.143.